The van der Waals surface area contributed by atoms with Crippen LogP contribution in [0.3, 0.4) is 0 Å². The number of hydrogen-bond donors (Lipinski definition) is 2. The third kappa shape index (κ3) is 43.7. The number of allylic oxidation sites excluding steroid dienone is 10. The first-order valence-electron chi connectivity index (χ1n) is 23.5. The lowest BCUT2D eigenvalue weighted by Crippen LogP contribution is -2.37. The molecule has 0 rings (SSSR count). The van der Waals surface area contributed by atoms with Gasteiger partial charge in [-0.25, -0.2) is 0 Å². The first kappa shape index (κ1) is 59.1. The van der Waals surface area contributed by atoms with Gasteiger partial charge in [0.05, 0.1) is 40.0 Å². The van der Waals surface area contributed by atoms with Crippen LogP contribution in [-0.4, -0.2) is 92.5 Å². The molecule has 0 spiro atoms. The number of aliphatic hydroxyl groups excluding tert-OH is 2. The van der Waals surface area contributed by atoms with Crippen molar-refractivity contribution in [1.82, 2.24) is 0 Å². The van der Waals surface area contributed by atoms with Crippen molar-refractivity contribution in [2.75, 3.05) is 47.5 Å². The van der Waals surface area contributed by atoms with E-state index in [0.29, 0.717) is 43.1 Å². The molecule has 1 unspecified atom stereocenters. The van der Waals surface area contributed by atoms with Crippen molar-refractivity contribution in [3.8, 4) is 0 Å². The number of esters is 2. The van der Waals surface area contributed by atoms with E-state index in [1.807, 2.05) is 64.5 Å². The van der Waals surface area contributed by atoms with Gasteiger partial charge in [-0.3, -0.25) is 14.2 Å². The van der Waals surface area contributed by atoms with Gasteiger partial charge in [0, 0.05) is 12.8 Å². The summed E-state index contributed by atoms with van der Waals surface area (Å²) in [5, 5.41) is 20.0. The molecule has 0 saturated carbocycles. The molecule has 0 aliphatic carbocycles. The SMILES string of the molecule is CC/C=C\C[C@H](O)/C=C/C=C\C=C\[C@H](O)C/C=C\C/C=C\CCC(=O)O[C@H](COC(=O)CCCCCCCCC/C=C\CCCCCCCC)COP(=O)([O-])OCC[N+](C)(C)C. The molecule has 0 aromatic carbocycles. The zero-order valence-electron chi connectivity index (χ0n) is 39.3. The fourth-order valence-corrected chi connectivity index (χ4v) is 6.58. The van der Waals surface area contributed by atoms with Crippen molar-refractivity contribution >= 4 is 19.8 Å². The van der Waals surface area contributed by atoms with Crippen LogP contribution in [0.15, 0.2) is 85.1 Å². The number of phosphoric ester groups is 1. The molecule has 0 aromatic rings. The average Bonchev–Trinajstić information content (AvgIpc) is 3.21. The maximum Gasteiger partial charge on any atom is 0.306 e. The lowest BCUT2D eigenvalue weighted by Gasteiger charge is -2.28. The Morgan fingerprint density at radius 3 is 1.73 bits per heavy atom. The Morgan fingerprint density at radius 2 is 1.15 bits per heavy atom. The second kappa shape index (κ2) is 40.9. The Kier molecular flexibility index (Phi) is 39.0. The van der Waals surface area contributed by atoms with E-state index in [1.54, 1.807) is 36.5 Å². The van der Waals surface area contributed by atoms with E-state index in [2.05, 4.69) is 19.1 Å². The fourth-order valence-electron chi connectivity index (χ4n) is 5.85. The normalized spacial score (nSPS) is 15.3. The first-order chi connectivity index (χ1) is 29.8. The number of unbranched alkanes of at least 4 members (excludes halogenated alkanes) is 13. The van der Waals surface area contributed by atoms with E-state index >= 15 is 0 Å². The Hall–Kier alpha value is -2.89. The minimum Gasteiger partial charge on any atom is -0.756 e. The predicted molar refractivity (Wildman–Crippen MR) is 252 cm³/mol. The number of carbonyl (C=O) groups is 2. The number of ether oxygens (including phenoxy) is 2. The molecule has 0 heterocycles. The summed E-state index contributed by atoms with van der Waals surface area (Å²) in [6.07, 6.45) is 45.4. The summed E-state index contributed by atoms with van der Waals surface area (Å²) >= 11 is 0. The van der Waals surface area contributed by atoms with Gasteiger partial charge in [-0.05, 0) is 64.2 Å². The van der Waals surface area contributed by atoms with E-state index in [9.17, 15) is 29.3 Å². The number of likely N-dealkylation sites (N-methyl/N-ethyl adjacent to an activating group) is 1. The molecule has 0 aliphatic rings. The highest BCUT2D eigenvalue weighted by Crippen LogP contribution is 2.38. The number of hydrogen-bond acceptors (Lipinski definition) is 10. The van der Waals surface area contributed by atoms with Gasteiger partial charge in [-0.15, -0.1) is 0 Å². The second-order valence-electron chi connectivity index (χ2n) is 16.8. The minimum absolute atomic E-state index is 0.0384. The quantitative estimate of drug-likeness (QED) is 0.0152. The summed E-state index contributed by atoms with van der Waals surface area (Å²) in [5.74, 6) is -1.01. The lowest BCUT2D eigenvalue weighted by molar-refractivity contribution is -0.870. The molecule has 12 heteroatoms. The zero-order chi connectivity index (χ0) is 46.0. The molecular formula is C50H86NO10P. The molecule has 0 fully saturated rings. The maximum absolute atomic E-state index is 12.7. The summed E-state index contributed by atoms with van der Waals surface area (Å²) < 4.78 is 33.8. The molecule has 0 amide bonds. The Bertz CT molecular complexity index is 1360. The number of carbonyl (C=O) groups excluding carboxylic acids is 2. The standard InChI is InChI=1S/C50H86NO10P/c1-6-8-10-11-12-13-14-15-16-17-18-19-20-21-22-26-34-40-49(54)58-44-48(45-60-62(56,57)59-43-42-51(3,4)5)61-50(55)41-35-27-24-23-25-31-37-47(53)39-33-29-28-32-38-46(52)36-30-9-7-2/h9,15-16,24-25,27-33,38-39,46-48,52-53H,6-8,10-14,17-23,26,34-37,40-45H2,1-5H3/b16-15-,27-24-,29-28-,30-9-,31-25-,38-32+,39-33+/t46-,47+,48+/m0/s1. The van der Waals surface area contributed by atoms with Crippen LogP contribution in [0.2, 0.25) is 0 Å². The molecule has 62 heavy (non-hydrogen) atoms. The van der Waals surface area contributed by atoms with Gasteiger partial charge in [-0.1, -0.05) is 163 Å². The van der Waals surface area contributed by atoms with Gasteiger partial charge >= 0.3 is 11.9 Å². The van der Waals surface area contributed by atoms with Crippen LogP contribution in [0.1, 0.15) is 155 Å². The molecule has 0 bridgehead atoms. The molecular weight excluding hydrogens is 806 g/mol. The highest BCUT2D eigenvalue weighted by molar-refractivity contribution is 7.45. The van der Waals surface area contributed by atoms with Crippen molar-refractivity contribution in [2.24, 2.45) is 0 Å². The molecule has 356 valence electrons. The minimum atomic E-state index is -4.68. The van der Waals surface area contributed by atoms with Crippen molar-refractivity contribution in [3.05, 3.63) is 85.1 Å². The van der Waals surface area contributed by atoms with Gasteiger partial charge < -0.3 is 38.1 Å². The molecule has 2 N–H and O–H groups in total. The Balaban J connectivity index is 4.57. The van der Waals surface area contributed by atoms with Crippen LogP contribution in [0, 0.1) is 0 Å². The van der Waals surface area contributed by atoms with Crippen molar-refractivity contribution in [3.63, 3.8) is 0 Å². The predicted octanol–water partition coefficient (Wildman–Crippen LogP) is 10.9. The highest BCUT2D eigenvalue weighted by Gasteiger charge is 2.21. The summed E-state index contributed by atoms with van der Waals surface area (Å²) in [7, 11) is 1.04. The van der Waals surface area contributed by atoms with Crippen molar-refractivity contribution in [1.29, 1.82) is 0 Å². The Labute approximate surface area is 376 Å². The van der Waals surface area contributed by atoms with E-state index in [1.165, 1.54) is 64.2 Å². The van der Waals surface area contributed by atoms with Crippen LogP contribution in [0.25, 0.3) is 0 Å². The van der Waals surface area contributed by atoms with E-state index < -0.39 is 44.7 Å². The molecule has 11 nitrogen and oxygen atoms in total. The summed E-state index contributed by atoms with van der Waals surface area (Å²) in [4.78, 5) is 37.6. The topological polar surface area (TPSA) is 152 Å². The zero-order valence-corrected chi connectivity index (χ0v) is 40.1. The van der Waals surface area contributed by atoms with Crippen molar-refractivity contribution in [2.45, 2.75) is 173 Å². The van der Waals surface area contributed by atoms with Crippen molar-refractivity contribution < 1.29 is 52.3 Å². The number of aliphatic hydroxyl groups is 2. The largest absolute Gasteiger partial charge is 0.756 e. The van der Waals surface area contributed by atoms with E-state index in [0.717, 1.165) is 32.1 Å². The molecule has 0 aliphatic heterocycles. The second-order valence-corrected chi connectivity index (χ2v) is 18.2. The van der Waals surface area contributed by atoms with Gasteiger partial charge in [0.25, 0.3) is 7.82 Å². The molecule has 0 aromatic heterocycles. The average molecular weight is 892 g/mol. The van der Waals surface area contributed by atoms with Crippen LogP contribution in [-0.2, 0) is 32.7 Å². The third-order valence-electron chi connectivity index (χ3n) is 9.58. The van der Waals surface area contributed by atoms with Crippen LogP contribution in [0.4, 0.5) is 0 Å². The van der Waals surface area contributed by atoms with Gasteiger partial charge in [0.15, 0.2) is 6.10 Å². The lowest BCUT2D eigenvalue weighted by atomic mass is 10.1. The summed E-state index contributed by atoms with van der Waals surface area (Å²) in [6.45, 7) is 3.81. The summed E-state index contributed by atoms with van der Waals surface area (Å²) in [6, 6.07) is 0. The molecule has 0 saturated heterocycles. The number of rotatable bonds is 41. The van der Waals surface area contributed by atoms with Crippen LogP contribution in [0.5, 0.6) is 0 Å². The highest BCUT2D eigenvalue weighted by atomic mass is 31.2. The molecule has 0 radical (unpaired) electrons. The summed E-state index contributed by atoms with van der Waals surface area (Å²) in [5.41, 5.74) is 0. The fraction of sp³-hybridized carbons (Fsp3) is 0.680. The van der Waals surface area contributed by atoms with Crippen LogP contribution >= 0.6 is 7.82 Å². The number of nitrogens with zero attached hydrogens (tertiary/aromatic N) is 1. The smallest absolute Gasteiger partial charge is 0.306 e. The monoisotopic (exact) mass is 892 g/mol. The van der Waals surface area contributed by atoms with Crippen LogP contribution < -0.4 is 4.89 Å². The molecule has 4 atom stereocenters. The Morgan fingerprint density at radius 1 is 0.613 bits per heavy atom. The van der Waals surface area contributed by atoms with Gasteiger partial charge in [0.2, 0.25) is 0 Å². The van der Waals surface area contributed by atoms with E-state index in [-0.39, 0.29) is 26.1 Å². The third-order valence-corrected chi connectivity index (χ3v) is 10.5. The number of quaternary nitrogens is 1. The van der Waals surface area contributed by atoms with Gasteiger partial charge in [0.1, 0.15) is 19.8 Å². The first-order valence-corrected chi connectivity index (χ1v) is 25.0. The maximum atomic E-state index is 12.7. The van der Waals surface area contributed by atoms with Gasteiger partial charge in [-0.2, -0.15) is 0 Å². The number of phosphoric acid groups is 1. The van der Waals surface area contributed by atoms with E-state index in [4.69, 9.17) is 18.5 Å².